The number of aliphatic carboxylic acids is 1. The lowest BCUT2D eigenvalue weighted by Crippen LogP contribution is -2.45. The molecule has 2 rings (SSSR count). The van der Waals surface area contributed by atoms with Crippen LogP contribution in [-0.2, 0) is 9.59 Å². The number of hydrogen-bond acceptors (Lipinski definition) is 4. The number of carboxylic acids is 1. The zero-order valence-electron chi connectivity index (χ0n) is 14.9. The Morgan fingerprint density at radius 2 is 1.92 bits per heavy atom. The van der Waals surface area contributed by atoms with Gasteiger partial charge < -0.3 is 19.5 Å². The highest BCUT2D eigenvalue weighted by Gasteiger charge is 2.32. The van der Waals surface area contributed by atoms with Crippen molar-refractivity contribution in [3.8, 4) is 11.5 Å². The largest absolute Gasteiger partial charge is 0.490 e. The lowest BCUT2D eigenvalue weighted by Gasteiger charge is -2.35. The van der Waals surface area contributed by atoms with Crippen LogP contribution >= 0.6 is 0 Å². The number of hydrogen-bond donors (Lipinski definition) is 1. The van der Waals surface area contributed by atoms with E-state index >= 15 is 0 Å². The van der Waals surface area contributed by atoms with Gasteiger partial charge >= 0.3 is 5.97 Å². The molecule has 6 heteroatoms. The predicted molar refractivity (Wildman–Crippen MR) is 93.8 cm³/mol. The minimum absolute atomic E-state index is 0.00970. The van der Waals surface area contributed by atoms with Gasteiger partial charge in [-0.15, -0.1) is 0 Å². The van der Waals surface area contributed by atoms with Crippen LogP contribution in [0.1, 0.15) is 33.1 Å². The van der Waals surface area contributed by atoms with Crippen molar-refractivity contribution in [1.82, 2.24) is 4.90 Å². The molecule has 0 spiro atoms. The maximum atomic E-state index is 12.3. The Labute approximate surface area is 148 Å². The summed E-state index contributed by atoms with van der Waals surface area (Å²) in [5, 5.41) is 9.15. The summed E-state index contributed by atoms with van der Waals surface area (Å²) >= 11 is 0. The Kier molecular flexibility index (Phi) is 7.10. The highest BCUT2D eigenvalue weighted by molar-refractivity contribution is 5.77. The Balaban J connectivity index is 1.73. The smallest absolute Gasteiger partial charge is 0.306 e. The van der Waals surface area contributed by atoms with Crippen LogP contribution in [0.4, 0.5) is 0 Å². The SMILES string of the molecule is CCOc1ccccc1OCCCC(=O)N1CCC(C(=O)O)C(C)C1. The molecule has 1 aromatic carbocycles. The summed E-state index contributed by atoms with van der Waals surface area (Å²) < 4.78 is 11.2. The summed E-state index contributed by atoms with van der Waals surface area (Å²) in [5.41, 5.74) is 0. The predicted octanol–water partition coefficient (Wildman–Crippen LogP) is 2.81. The topological polar surface area (TPSA) is 76.1 Å². The lowest BCUT2D eigenvalue weighted by atomic mass is 9.87. The molecule has 1 aliphatic heterocycles. The van der Waals surface area contributed by atoms with Crippen LogP contribution in [0.3, 0.4) is 0 Å². The second-order valence-corrected chi connectivity index (χ2v) is 6.38. The molecule has 1 N–H and O–H groups in total. The molecule has 0 aromatic heterocycles. The molecule has 1 amide bonds. The third kappa shape index (κ3) is 5.37. The van der Waals surface area contributed by atoms with E-state index in [2.05, 4.69) is 0 Å². The van der Waals surface area contributed by atoms with Crippen LogP contribution in [0.15, 0.2) is 24.3 Å². The van der Waals surface area contributed by atoms with Crippen LogP contribution in [0, 0.1) is 11.8 Å². The number of ether oxygens (including phenoxy) is 2. The van der Waals surface area contributed by atoms with Gasteiger partial charge in [-0.1, -0.05) is 19.1 Å². The van der Waals surface area contributed by atoms with E-state index in [1.807, 2.05) is 38.1 Å². The van der Waals surface area contributed by atoms with Gasteiger partial charge in [-0.25, -0.2) is 0 Å². The monoisotopic (exact) mass is 349 g/mol. The number of carbonyl (C=O) groups is 2. The fraction of sp³-hybridized carbons (Fsp3) is 0.579. The van der Waals surface area contributed by atoms with Crippen LogP contribution < -0.4 is 9.47 Å². The fourth-order valence-corrected chi connectivity index (χ4v) is 3.15. The maximum Gasteiger partial charge on any atom is 0.306 e. The summed E-state index contributed by atoms with van der Waals surface area (Å²) in [4.78, 5) is 25.2. The van der Waals surface area contributed by atoms with Gasteiger partial charge in [-0.2, -0.15) is 0 Å². The van der Waals surface area contributed by atoms with Crippen molar-refractivity contribution in [2.45, 2.75) is 33.1 Å². The van der Waals surface area contributed by atoms with Crippen molar-refractivity contribution < 1.29 is 24.2 Å². The first-order chi connectivity index (χ1) is 12.0. The Hall–Kier alpha value is -2.24. The number of para-hydroxylation sites is 2. The van der Waals surface area contributed by atoms with Gasteiger partial charge in [-0.3, -0.25) is 9.59 Å². The average molecular weight is 349 g/mol. The molecule has 0 radical (unpaired) electrons. The fourth-order valence-electron chi connectivity index (χ4n) is 3.15. The molecular weight excluding hydrogens is 322 g/mol. The summed E-state index contributed by atoms with van der Waals surface area (Å²) in [5.74, 6) is 0.346. The normalized spacial score (nSPS) is 20.2. The minimum Gasteiger partial charge on any atom is -0.490 e. The number of piperidine rings is 1. The third-order valence-electron chi connectivity index (χ3n) is 4.52. The van der Waals surface area contributed by atoms with Gasteiger partial charge in [0.15, 0.2) is 11.5 Å². The molecular formula is C19H27NO5. The van der Waals surface area contributed by atoms with Crippen molar-refractivity contribution >= 4 is 11.9 Å². The first-order valence-corrected chi connectivity index (χ1v) is 8.88. The van der Waals surface area contributed by atoms with Crippen LogP contribution in [0.5, 0.6) is 11.5 Å². The number of benzene rings is 1. The summed E-state index contributed by atoms with van der Waals surface area (Å²) in [6.45, 7) is 5.87. The Morgan fingerprint density at radius 3 is 2.52 bits per heavy atom. The van der Waals surface area contributed by atoms with Crippen molar-refractivity contribution in [3.05, 3.63) is 24.3 Å². The quantitative estimate of drug-likeness (QED) is 0.730. The lowest BCUT2D eigenvalue weighted by molar-refractivity contribution is -0.148. The van der Waals surface area contributed by atoms with Crippen molar-refractivity contribution in [3.63, 3.8) is 0 Å². The highest BCUT2D eigenvalue weighted by atomic mass is 16.5. The number of amides is 1. The van der Waals surface area contributed by atoms with Gasteiger partial charge in [0, 0.05) is 19.5 Å². The van der Waals surface area contributed by atoms with Crippen molar-refractivity contribution in [2.75, 3.05) is 26.3 Å². The van der Waals surface area contributed by atoms with Gasteiger partial charge in [0.05, 0.1) is 19.1 Å². The third-order valence-corrected chi connectivity index (χ3v) is 4.52. The van der Waals surface area contributed by atoms with Gasteiger partial charge in [0.1, 0.15) is 0 Å². The molecule has 0 aliphatic carbocycles. The van der Waals surface area contributed by atoms with E-state index in [-0.39, 0.29) is 17.7 Å². The van der Waals surface area contributed by atoms with E-state index in [0.717, 1.165) is 0 Å². The molecule has 2 atom stereocenters. The molecule has 1 aliphatic rings. The standard InChI is InChI=1S/C19H27NO5/c1-3-24-16-7-4-5-8-17(16)25-12-6-9-18(21)20-11-10-15(19(22)23)14(2)13-20/h4-5,7-8,14-15H,3,6,9-13H2,1-2H3,(H,22,23). The highest BCUT2D eigenvalue weighted by Crippen LogP contribution is 2.27. The zero-order chi connectivity index (χ0) is 18.2. The van der Waals surface area contributed by atoms with Crippen molar-refractivity contribution in [2.24, 2.45) is 11.8 Å². The molecule has 0 bridgehead atoms. The number of nitrogens with zero attached hydrogens (tertiary/aromatic N) is 1. The average Bonchev–Trinajstić information content (AvgIpc) is 2.59. The molecule has 1 heterocycles. The molecule has 1 fully saturated rings. The van der Waals surface area contributed by atoms with E-state index < -0.39 is 5.97 Å². The number of likely N-dealkylation sites (tertiary alicyclic amines) is 1. The number of carboxylic acid groups (broad SMARTS) is 1. The second-order valence-electron chi connectivity index (χ2n) is 6.38. The maximum absolute atomic E-state index is 12.3. The zero-order valence-corrected chi connectivity index (χ0v) is 14.9. The van der Waals surface area contributed by atoms with Gasteiger partial charge in [-0.05, 0) is 37.8 Å². The van der Waals surface area contributed by atoms with E-state index in [1.54, 1.807) is 4.90 Å². The molecule has 1 saturated heterocycles. The summed E-state index contributed by atoms with van der Waals surface area (Å²) in [6, 6.07) is 7.49. The second kappa shape index (κ2) is 9.30. The summed E-state index contributed by atoms with van der Waals surface area (Å²) in [7, 11) is 0. The van der Waals surface area contributed by atoms with E-state index in [0.29, 0.717) is 57.1 Å². The first kappa shape index (κ1) is 19.1. The molecule has 25 heavy (non-hydrogen) atoms. The molecule has 0 saturated carbocycles. The van der Waals surface area contributed by atoms with E-state index in [9.17, 15) is 9.59 Å². The van der Waals surface area contributed by atoms with Gasteiger partial charge in [0.2, 0.25) is 5.91 Å². The molecule has 6 nitrogen and oxygen atoms in total. The molecule has 2 unspecified atom stereocenters. The number of rotatable bonds is 8. The molecule has 1 aromatic rings. The van der Waals surface area contributed by atoms with Crippen LogP contribution in [-0.4, -0.2) is 48.2 Å². The molecule has 138 valence electrons. The Morgan fingerprint density at radius 1 is 1.24 bits per heavy atom. The first-order valence-electron chi connectivity index (χ1n) is 8.88. The minimum atomic E-state index is -0.763. The van der Waals surface area contributed by atoms with Crippen LogP contribution in [0.25, 0.3) is 0 Å². The van der Waals surface area contributed by atoms with E-state index in [1.165, 1.54) is 0 Å². The summed E-state index contributed by atoms with van der Waals surface area (Å²) in [6.07, 6.45) is 1.55. The number of carbonyl (C=O) groups excluding carboxylic acids is 1. The van der Waals surface area contributed by atoms with Gasteiger partial charge in [0.25, 0.3) is 0 Å². The van der Waals surface area contributed by atoms with E-state index in [4.69, 9.17) is 14.6 Å². The Bertz CT molecular complexity index is 589. The van der Waals surface area contributed by atoms with Crippen molar-refractivity contribution in [1.29, 1.82) is 0 Å². The van der Waals surface area contributed by atoms with Crippen LogP contribution in [0.2, 0.25) is 0 Å².